The van der Waals surface area contributed by atoms with E-state index in [1.807, 2.05) is 66.7 Å². The lowest BCUT2D eigenvalue weighted by atomic mass is 10.0. The number of hydrogen-bond acceptors (Lipinski definition) is 4. The number of rotatable bonds is 6. The second-order valence-corrected chi connectivity index (χ2v) is 5.51. The summed E-state index contributed by atoms with van der Waals surface area (Å²) in [5.74, 6) is 0.778. The molecule has 124 valence electrons. The number of nitrogens with zero attached hydrogens (tertiary/aromatic N) is 1. The molecule has 0 aliphatic rings. The Labute approximate surface area is 147 Å². The highest BCUT2D eigenvalue weighted by Crippen LogP contribution is 2.23. The van der Waals surface area contributed by atoms with Gasteiger partial charge in [-0.2, -0.15) is 0 Å². The average Bonchev–Trinajstić information content (AvgIpc) is 2.69. The molecule has 0 saturated carbocycles. The Hall–Kier alpha value is -3.40. The van der Waals surface area contributed by atoms with Gasteiger partial charge in [-0.1, -0.05) is 30.3 Å². The van der Waals surface area contributed by atoms with Gasteiger partial charge in [0.2, 0.25) is 0 Å². The van der Waals surface area contributed by atoms with Gasteiger partial charge in [0.15, 0.2) is 0 Å². The summed E-state index contributed by atoms with van der Waals surface area (Å²) in [5, 5.41) is 7.67. The molecule has 3 N–H and O–H groups in total. The first kappa shape index (κ1) is 16.5. The zero-order valence-electron chi connectivity index (χ0n) is 13.7. The Balaban J connectivity index is 1.77. The smallest absolute Gasteiger partial charge is 0.119 e. The summed E-state index contributed by atoms with van der Waals surface area (Å²) in [6, 6.07) is 21.3. The lowest BCUT2D eigenvalue weighted by molar-refractivity contribution is 0.306. The molecule has 1 aromatic heterocycles. The average molecular weight is 329 g/mol. The molecule has 0 radical (unpaired) electrons. The topological polar surface area (TPSA) is 72.0 Å². The molecule has 0 saturated heterocycles. The van der Waals surface area contributed by atoms with Crippen LogP contribution in [0, 0.1) is 5.41 Å². The summed E-state index contributed by atoms with van der Waals surface area (Å²) in [7, 11) is 0. The number of nitrogens with two attached hydrogens (primary N) is 1. The van der Waals surface area contributed by atoms with E-state index in [1.54, 1.807) is 12.4 Å². The van der Waals surface area contributed by atoms with Crippen molar-refractivity contribution in [2.75, 3.05) is 0 Å². The third-order valence-corrected chi connectivity index (χ3v) is 3.84. The first-order valence-corrected chi connectivity index (χ1v) is 7.95. The molecule has 1 heterocycles. The molecule has 0 aliphatic heterocycles. The highest BCUT2D eigenvalue weighted by Gasteiger charge is 2.07. The maximum Gasteiger partial charge on any atom is 0.119 e. The van der Waals surface area contributed by atoms with Crippen molar-refractivity contribution >= 4 is 17.5 Å². The first-order chi connectivity index (χ1) is 12.3. The molecule has 0 fully saturated rings. The van der Waals surface area contributed by atoms with Crippen molar-refractivity contribution in [1.29, 1.82) is 5.41 Å². The highest BCUT2D eigenvalue weighted by molar-refractivity contribution is 6.17. The van der Waals surface area contributed by atoms with Gasteiger partial charge in [-0.3, -0.25) is 4.98 Å². The van der Waals surface area contributed by atoms with E-state index in [4.69, 9.17) is 15.9 Å². The maximum absolute atomic E-state index is 7.67. The fourth-order valence-electron chi connectivity index (χ4n) is 2.48. The molecule has 0 bridgehead atoms. The summed E-state index contributed by atoms with van der Waals surface area (Å²) in [4.78, 5) is 4.00. The van der Waals surface area contributed by atoms with Crippen LogP contribution in [0.1, 0.15) is 16.7 Å². The summed E-state index contributed by atoms with van der Waals surface area (Å²) in [6.45, 7) is 0.522. The zero-order chi connectivity index (χ0) is 17.5. The monoisotopic (exact) mass is 329 g/mol. The van der Waals surface area contributed by atoms with Gasteiger partial charge >= 0.3 is 0 Å². The van der Waals surface area contributed by atoms with Crippen LogP contribution in [0.5, 0.6) is 5.75 Å². The van der Waals surface area contributed by atoms with Crippen LogP contribution in [0.4, 0.5) is 0 Å². The molecule has 4 nitrogen and oxygen atoms in total. The van der Waals surface area contributed by atoms with E-state index < -0.39 is 0 Å². The lowest BCUT2D eigenvalue weighted by Crippen LogP contribution is -2.03. The van der Waals surface area contributed by atoms with Crippen LogP contribution in [-0.4, -0.2) is 11.2 Å². The van der Waals surface area contributed by atoms with Gasteiger partial charge in [0, 0.05) is 29.9 Å². The van der Waals surface area contributed by atoms with Crippen LogP contribution >= 0.6 is 0 Å². The van der Waals surface area contributed by atoms with Crippen LogP contribution < -0.4 is 10.5 Å². The quantitative estimate of drug-likeness (QED) is 0.668. The molecule has 0 atom stereocenters. The number of aromatic nitrogens is 1. The van der Waals surface area contributed by atoms with Gasteiger partial charge in [0.05, 0.1) is 0 Å². The molecule has 3 rings (SSSR count). The van der Waals surface area contributed by atoms with Crippen molar-refractivity contribution in [3.05, 3.63) is 95.8 Å². The van der Waals surface area contributed by atoms with E-state index in [0.29, 0.717) is 17.9 Å². The summed E-state index contributed by atoms with van der Waals surface area (Å²) in [5.41, 5.74) is 10.3. The van der Waals surface area contributed by atoms with Crippen LogP contribution in [0.15, 0.2) is 79.1 Å². The second-order valence-electron chi connectivity index (χ2n) is 5.51. The van der Waals surface area contributed by atoms with E-state index in [2.05, 4.69) is 4.98 Å². The molecule has 3 aromatic rings. The normalized spacial score (nSPS) is 11.5. The van der Waals surface area contributed by atoms with E-state index in [0.717, 1.165) is 22.4 Å². The molecule has 0 amide bonds. The Kier molecular flexibility index (Phi) is 5.22. The minimum Gasteiger partial charge on any atom is -0.489 e. The van der Waals surface area contributed by atoms with Crippen molar-refractivity contribution in [3.8, 4) is 5.75 Å². The Morgan fingerprint density at radius 2 is 1.60 bits per heavy atom. The van der Waals surface area contributed by atoms with Crippen LogP contribution in [0.25, 0.3) is 11.3 Å². The predicted molar refractivity (Wildman–Crippen MR) is 101 cm³/mol. The van der Waals surface area contributed by atoms with Gasteiger partial charge in [0.25, 0.3) is 0 Å². The minimum atomic E-state index is 0.522. The number of ether oxygens (including phenoxy) is 1. The number of benzene rings is 2. The van der Waals surface area contributed by atoms with Crippen molar-refractivity contribution in [2.24, 2.45) is 5.73 Å². The highest BCUT2D eigenvalue weighted by atomic mass is 16.5. The predicted octanol–water partition coefficient (Wildman–Crippen LogP) is 4.14. The third-order valence-electron chi connectivity index (χ3n) is 3.84. The lowest BCUT2D eigenvalue weighted by Gasteiger charge is -2.10. The number of pyridine rings is 1. The number of hydrogen-bond donors (Lipinski definition) is 2. The first-order valence-electron chi connectivity index (χ1n) is 7.95. The van der Waals surface area contributed by atoms with Crippen LogP contribution in [0.3, 0.4) is 0 Å². The van der Waals surface area contributed by atoms with E-state index in [-0.39, 0.29) is 0 Å². The molecular weight excluding hydrogens is 310 g/mol. The SMILES string of the molecule is N=C/C(=C(\N)c1ccc(OCc2ccccc2)cc1)c1ccncc1. The third kappa shape index (κ3) is 4.12. The largest absolute Gasteiger partial charge is 0.489 e. The van der Waals surface area contributed by atoms with Crippen molar-refractivity contribution in [1.82, 2.24) is 4.98 Å². The van der Waals surface area contributed by atoms with Crippen molar-refractivity contribution in [3.63, 3.8) is 0 Å². The van der Waals surface area contributed by atoms with E-state index in [9.17, 15) is 0 Å². The molecule has 2 aromatic carbocycles. The van der Waals surface area contributed by atoms with Gasteiger partial charge in [0.1, 0.15) is 12.4 Å². The van der Waals surface area contributed by atoms with Crippen molar-refractivity contribution in [2.45, 2.75) is 6.61 Å². The Bertz CT molecular complexity index is 857. The summed E-state index contributed by atoms with van der Waals surface area (Å²) >= 11 is 0. The maximum atomic E-state index is 7.67. The minimum absolute atomic E-state index is 0.522. The number of allylic oxidation sites excluding steroid dienone is 1. The molecule has 0 unspecified atom stereocenters. The number of nitrogens with one attached hydrogen (secondary N) is 1. The molecule has 0 aliphatic carbocycles. The Morgan fingerprint density at radius 1 is 0.920 bits per heavy atom. The fraction of sp³-hybridized carbons (Fsp3) is 0.0476. The second kappa shape index (κ2) is 7.93. The zero-order valence-corrected chi connectivity index (χ0v) is 13.7. The summed E-state index contributed by atoms with van der Waals surface area (Å²) in [6.07, 6.45) is 4.64. The summed E-state index contributed by atoms with van der Waals surface area (Å²) < 4.78 is 5.79. The van der Waals surface area contributed by atoms with E-state index in [1.165, 1.54) is 6.21 Å². The van der Waals surface area contributed by atoms with Gasteiger partial charge in [-0.25, -0.2) is 0 Å². The molecule has 0 spiro atoms. The van der Waals surface area contributed by atoms with Crippen LogP contribution in [-0.2, 0) is 6.61 Å². The van der Waals surface area contributed by atoms with Gasteiger partial charge < -0.3 is 15.9 Å². The van der Waals surface area contributed by atoms with E-state index >= 15 is 0 Å². The van der Waals surface area contributed by atoms with Gasteiger partial charge in [-0.05, 0) is 53.1 Å². The Morgan fingerprint density at radius 3 is 2.24 bits per heavy atom. The van der Waals surface area contributed by atoms with Gasteiger partial charge in [-0.15, -0.1) is 0 Å². The fourth-order valence-corrected chi connectivity index (χ4v) is 2.48. The molecule has 25 heavy (non-hydrogen) atoms. The molecular formula is C21H19N3O. The van der Waals surface area contributed by atoms with Crippen molar-refractivity contribution < 1.29 is 4.74 Å². The standard InChI is InChI=1S/C21H19N3O/c22-14-20(17-10-12-24-13-11-17)21(23)18-6-8-19(9-7-18)25-15-16-4-2-1-3-5-16/h1-14,22H,15,23H2/b21-20+,22-14?. The molecule has 4 heteroatoms. The van der Waals surface area contributed by atoms with Crippen LogP contribution in [0.2, 0.25) is 0 Å².